The minimum Gasteiger partial charge on any atom is -0.389 e. The van der Waals surface area contributed by atoms with Crippen LogP contribution < -0.4 is 10.6 Å². The summed E-state index contributed by atoms with van der Waals surface area (Å²) < 4.78 is 5.54. The first-order valence-corrected chi connectivity index (χ1v) is 9.79. The van der Waals surface area contributed by atoms with E-state index in [1.807, 2.05) is 0 Å². The Kier molecular flexibility index (Phi) is 6.75. The number of aliphatic hydroxyl groups excluding tert-OH is 1. The van der Waals surface area contributed by atoms with Crippen molar-refractivity contribution in [1.29, 1.82) is 0 Å². The van der Waals surface area contributed by atoms with E-state index in [0.717, 1.165) is 31.1 Å². The second-order valence-electron chi connectivity index (χ2n) is 7.54. The number of aliphatic hydroxyl groups is 1. The van der Waals surface area contributed by atoms with Crippen molar-refractivity contribution in [1.82, 2.24) is 15.5 Å². The minimum atomic E-state index is -0.518. The van der Waals surface area contributed by atoms with Crippen LogP contribution in [0.4, 0.5) is 0 Å². The summed E-state index contributed by atoms with van der Waals surface area (Å²) in [5, 5.41) is 16.8. The number of aliphatic imine (C=N–C) groups is 1. The predicted molar refractivity (Wildman–Crippen MR) is 96.3 cm³/mol. The van der Waals surface area contributed by atoms with Gasteiger partial charge in [0.05, 0.1) is 19.3 Å². The Labute approximate surface area is 146 Å². The van der Waals surface area contributed by atoms with Gasteiger partial charge in [-0.2, -0.15) is 0 Å². The molecule has 1 heterocycles. The quantitative estimate of drug-likeness (QED) is 0.431. The molecule has 24 heavy (non-hydrogen) atoms. The van der Waals surface area contributed by atoms with E-state index >= 15 is 0 Å². The standard InChI is InChI=1S/C18H34N4O2/c1-2-19-18(20-11-17(23)13-24-12-14-3-4-14)21-15-7-9-22(10-8-15)16-5-6-16/h14-17,23H,2-13H2,1H3,(H2,19,20,21). The van der Waals surface area contributed by atoms with Crippen LogP contribution in [0.25, 0.3) is 0 Å². The number of nitrogens with zero attached hydrogens (tertiary/aromatic N) is 2. The van der Waals surface area contributed by atoms with E-state index in [9.17, 15) is 5.11 Å². The molecule has 0 bridgehead atoms. The zero-order chi connectivity index (χ0) is 16.8. The summed E-state index contributed by atoms with van der Waals surface area (Å²) in [4.78, 5) is 7.17. The molecule has 3 fully saturated rings. The number of hydrogen-bond donors (Lipinski definition) is 3. The molecule has 3 N–H and O–H groups in total. The largest absolute Gasteiger partial charge is 0.389 e. The van der Waals surface area contributed by atoms with E-state index in [4.69, 9.17) is 4.74 Å². The van der Waals surface area contributed by atoms with Gasteiger partial charge in [0, 0.05) is 38.3 Å². The monoisotopic (exact) mass is 338 g/mol. The molecule has 0 aromatic rings. The van der Waals surface area contributed by atoms with E-state index < -0.39 is 6.10 Å². The minimum absolute atomic E-state index is 0.388. The smallest absolute Gasteiger partial charge is 0.191 e. The summed E-state index contributed by atoms with van der Waals surface area (Å²) >= 11 is 0. The maximum absolute atomic E-state index is 10.0. The topological polar surface area (TPSA) is 69.1 Å². The molecule has 3 rings (SSSR count). The highest BCUT2D eigenvalue weighted by Crippen LogP contribution is 2.29. The molecule has 3 aliphatic rings. The average Bonchev–Trinajstić information content (AvgIpc) is 3.47. The molecule has 138 valence electrons. The number of likely N-dealkylation sites (tertiary alicyclic amines) is 1. The lowest BCUT2D eigenvalue weighted by Gasteiger charge is -2.33. The van der Waals surface area contributed by atoms with Crippen LogP contribution in [0.3, 0.4) is 0 Å². The molecule has 6 nitrogen and oxygen atoms in total. The molecule has 0 aromatic carbocycles. The van der Waals surface area contributed by atoms with Crippen molar-refractivity contribution in [3.8, 4) is 0 Å². The third-order valence-corrected chi connectivity index (χ3v) is 5.10. The van der Waals surface area contributed by atoms with E-state index in [1.165, 1.54) is 51.6 Å². The summed E-state index contributed by atoms with van der Waals surface area (Å²) in [6.45, 7) is 6.86. The molecule has 0 spiro atoms. The van der Waals surface area contributed by atoms with Gasteiger partial charge in [-0.25, -0.2) is 0 Å². The Bertz CT molecular complexity index is 402. The number of guanidine groups is 1. The number of rotatable bonds is 9. The zero-order valence-corrected chi connectivity index (χ0v) is 15.0. The molecule has 0 radical (unpaired) electrons. The van der Waals surface area contributed by atoms with Gasteiger partial charge >= 0.3 is 0 Å². The van der Waals surface area contributed by atoms with Gasteiger partial charge in [0.25, 0.3) is 0 Å². The third kappa shape index (κ3) is 6.22. The van der Waals surface area contributed by atoms with Gasteiger partial charge in [-0.05, 0) is 51.4 Å². The lowest BCUT2D eigenvalue weighted by atomic mass is 10.1. The van der Waals surface area contributed by atoms with Gasteiger partial charge in [0.1, 0.15) is 0 Å². The zero-order valence-electron chi connectivity index (χ0n) is 15.0. The molecule has 1 atom stereocenters. The SMILES string of the molecule is CCNC(=NCC(O)COCC1CC1)NC1CCN(C2CC2)CC1. The Balaban J connectivity index is 1.36. The summed E-state index contributed by atoms with van der Waals surface area (Å²) in [6.07, 6.45) is 7.18. The van der Waals surface area contributed by atoms with Crippen LogP contribution in [0, 0.1) is 5.92 Å². The van der Waals surface area contributed by atoms with Crippen molar-refractivity contribution in [3.63, 3.8) is 0 Å². The fraction of sp³-hybridized carbons (Fsp3) is 0.944. The molecule has 6 heteroatoms. The lowest BCUT2D eigenvalue weighted by Crippen LogP contribution is -2.49. The molecule has 0 aromatic heterocycles. The van der Waals surface area contributed by atoms with Crippen molar-refractivity contribution in [3.05, 3.63) is 0 Å². The molecule has 0 amide bonds. The van der Waals surface area contributed by atoms with Gasteiger partial charge in [-0.15, -0.1) is 0 Å². The van der Waals surface area contributed by atoms with Gasteiger partial charge < -0.3 is 25.4 Å². The van der Waals surface area contributed by atoms with Crippen LogP contribution in [0.1, 0.15) is 45.4 Å². The first-order valence-electron chi connectivity index (χ1n) is 9.79. The Hall–Kier alpha value is -0.850. The number of ether oxygens (including phenoxy) is 1. The maximum atomic E-state index is 10.0. The molecular formula is C18H34N4O2. The van der Waals surface area contributed by atoms with Gasteiger partial charge in [-0.1, -0.05) is 0 Å². The highest BCUT2D eigenvalue weighted by Gasteiger charge is 2.31. The van der Waals surface area contributed by atoms with E-state index in [0.29, 0.717) is 19.2 Å². The molecule has 1 aliphatic heterocycles. The lowest BCUT2D eigenvalue weighted by molar-refractivity contribution is 0.0368. The second kappa shape index (κ2) is 9.02. The maximum Gasteiger partial charge on any atom is 0.191 e. The molecule has 1 unspecified atom stereocenters. The van der Waals surface area contributed by atoms with Crippen LogP contribution in [-0.4, -0.2) is 73.5 Å². The summed E-state index contributed by atoms with van der Waals surface area (Å²) in [6, 6.07) is 1.36. The van der Waals surface area contributed by atoms with Crippen molar-refractivity contribution >= 4 is 5.96 Å². The van der Waals surface area contributed by atoms with Crippen molar-refractivity contribution in [2.75, 3.05) is 39.4 Å². The van der Waals surface area contributed by atoms with Crippen LogP contribution in [0.5, 0.6) is 0 Å². The van der Waals surface area contributed by atoms with E-state index in [2.05, 4.69) is 27.4 Å². The van der Waals surface area contributed by atoms with Crippen LogP contribution in [0.2, 0.25) is 0 Å². The Morgan fingerprint density at radius 3 is 2.58 bits per heavy atom. The Morgan fingerprint density at radius 1 is 1.21 bits per heavy atom. The highest BCUT2D eigenvalue weighted by molar-refractivity contribution is 5.80. The summed E-state index contributed by atoms with van der Waals surface area (Å²) in [5.41, 5.74) is 0. The fourth-order valence-corrected chi connectivity index (χ4v) is 3.27. The fourth-order valence-electron chi connectivity index (χ4n) is 3.27. The van der Waals surface area contributed by atoms with E-state index in [-0.39, 0.29) is 0 Å². The molecule has 1 saturated heterocycles. The predicted octanol–water partition coefficient (Wildman–Crippen LogP) is 0.956. The van der Waals surface area contributed by atoms with Crippen LogP contribution in [-0.2, 0) is 4.74 Å². The van der Waals surface area contributed by atoms with Crippen molar-refractivity contribution < 1.29 is 9.84 Å². The molecule has 2 aliphatic carbocycles. The summed E-state index contributed by atoms with van der Waals surface area (Å²) in [5.74, 6) is 1.56. The summed E-state index contributed by atoms with van der Waals surface area (Å²) in [7, 11) is 0. The molecular weight excluding hydrogens is 304 g/mol. The second-order valence-corrected chi connectivity index (χ2v) is 7.54. The Morgan fingerprint density at radius 2 is 1.96 bits per heavy atom. The van der Waals surface area contributed by atoms with Gasteiger partial charge in [-0.3, -0.25) is 4.99 Å². The normalized spacial score (nSPS) is 24.8. The van der Waals surface area contributed by atoms with Crippen molar-refractivity contribution in [2.24, 2.45) is 10.9 Å². The van der Waals surface area contributed by atoms with Crippen molar-refractivity contribution in [2.45, 2.75) is 63.6 Å². The number of hydrogen-bond acceptors (Lipinski definition) is 4. The van der Waals surface area contributed by atoms with E-state index in [1.54, 1.807) is 0 Å². The van der Waals surface area contributed by atoms with Gasteiger partial charge in [0.15, 0.2) is 5.96 Å². The highest BCUT2D eigenvalue weighted by atomic mass is 16.5. The third-order valence-electron chi connectivity index (χ3n) is 5.10. The number of piperidine rings is 1. The van der Waals surface area contributed by atoms with Crippen LogP contribution >= 0.6 is 0 Å². The average molecular weight is 338 g/mol. The number of nitrogens with one attached hydrogen (secondary N) is 2. The first kappa shape index (κ1) is 18.0. The molecule has 2 saturated carbocycles. The van der Waals surface area contributed by atoms with Gasteiger partial charge in [0.2, 0.25) is 0 Å². The van der Waals surface area contributed by atoms with Crippen LogP contribution in [0.15, 0.2) is 4.99 Å². The first-order chi connectivity index (χ1) is 11.7.